The summed E-state index contributed by atoms with van der Waals surface area (Å²) in [6, 6.07) is 4.21. The Labute approximate surface area is 215 Å². The van der Waals surface area contributed by atoms with E-state index in [4.69, 9.17) is 20.4 Å². The number of aliphatic hydroxyl groups is 3. The Hall–Kier alpha value is -2.18. The second-order valence-electron chi connectivity index (χ2n) is 9.56. The summed E-state index contributed by atoms with van der Waals surface area (Å²) in [5, 5.41) is 38.5. The number of aryl methyl sites for hydroxylation is 1. The topological polar surface area (TPSA) is 157 Å². The third-order valence-electron chi connectivity index (χ3n) is 6.92. The molecule has 36 heavy (non-hydrogen) atoms. The van der Waals surface area contributed by atoms with Crippen LogP contribution < -0.4 is 5.32 Å². The van der Waals surface area contributed by atoms with Crippen LogP contribution in [0.15, 0.2) is 34.8 Å². The number of nitrogens with zero attached hydrogens (tertiary/aromatic N) is 4. The molecule has 5 N–H and O–H groups in total. The standard InChI is InChI=1S/C25H36N6O4S/c1-2-13-36-24-29-18(6-3-8-25(34)9-7-20(22(25)33)35-12-11-32)21(31-26)23(30-24)28-19-14-17(19)16-5-4-10-27-15-16/h4-5,10,15,17,19-20,22,26,32-34H,2-3,6-9,11-14H2,1H3,(H,28,29,30). The molecule has 10 nitrogen and oxygen atoms in total. The molecule has 11 heteroatoms. The van der Waals surface area contributed by atoms with E-state index in [2.05, 4.69) is 33.4 Å². The second-order valence-corrected chi connectivity index (χ2v) is 10.6. The van der Waals surface area contributed by atoms with Gasteiger partial charge in [0.2, 0.25) is 0 Å². The zero-order valence-corrected chi connectivity index (χ0v) is 21.5. The summed E-state index contributed by atoms with van der Waals surface area (Å²) >= 11 is 1.58. The Morgan fingerprint density at radius 3 is 2.94 bits per heavy atom. The molecule has 2 aromatic rings. The fraction of sp³-hybridized carbons (Fsp3) is 0.640. The predicted molar refractivity (Wildman–Crippen MR) is 137 cm³/mol. The number of pyridine rings is 1. The zero-order valence-electron chi connectivity index (χ0n) is 20.6. The van der Waals surface area contributed by atoms with E-state index in [-0.39, 0.29) is 19.3 Å². The summed E-state index contributed by atoms with van der Waals surface area (Å²) < 4.78 is 5.48. The molecule has 2 aromatic heterocycles. The maximum atomic E-state index is 11.0. The van der Waals surface area contributed by atoms with Gasteiger partial charge in [-0.1, -0.05) is 24.8 Å². The molecule has 0 aliphatic heterocycles. The van der Waals surface area contributed by atoms with Crippen LogP contribution in [-0.4, -0.2) is 73.1 Å². The fourth-order valence-corrected chi connectivity index (χ4v) is 5.60. The van der Waals surface area contributed by atoms with E-state index in [0.717, 1.165) is 18.6 Å². The van der Waals surface area contributed by atoms with Gasteiger partial charge in [0, 0.05) is 30.1 Å². The van der Waals surface area contributed by atoms with Crippen molar-refractivity contribution < 1.29 is 20.1 Å². The Balaban J connectivity index is 1.45. The highest BCUT2D eigenvalue weighted by molar-refractivity contribution is 7.99. The van der Waals surface area contributed by atoms with Gasteiger partial charge in [0.05, 0.1) is 30.6 Å². The molecule has 0 spiro atoms. The highest BCUT2D eigenvalue weighted by Gasteiger charge is 2.46. The number of rotatable bonds is 14. The molecule has 196 valence electrons. The van der Waals surface area contributed by atoms with Gasteiger partial charge in [0.25, 0.3) is 0 Å². The van der Waals surface area contributed by atoms with Gasteiger partial charge >= 0.3 is 0 Å². The third kappa shape index (κ3) is 6.38. The molecular weight excluding hydrogens is 480 g/mol. The number of nitrogens with one attached hydrogen (secondary N) is 2. The van der Waals surface area contributed by atoms with Gasteiger partial charge in [-0.15, -0.1) is 0 Å². The lowest BCUT2D eigenvalue weighted by atomic mass is 9.92. The van der Waals surface area contributed by atoms with Gasteiger partial charge in [-0.2, -0.15) is 5.11 Å². The SMILES string of the molecule is CCCSc1nc(CCCC2(O)CCC(OCCO)C2O)c(N=N)c(NC2CC2c2cccnc2)n1. The number of anilines is 1. The number of ether oxygens (including phenoxy) is 1. The summed E-state index contributed by atoms with van der Waals surface area (Å²) in [4.78, 5) is 13.6. The molecule has 2 aliphatic rings. The van der Waals surface area contributed by atoms with Gasteiger partial charge in [0.15, 0.2) is 11.0 Å². The zero-order chi connectivity index (χ0) is 25.5. The molecule has 2 heterocycles. The van der Waals surface area contributed by atoms with Crippen molar-refractivity contribution in [1.82, 2.24) is 15.0 Å². The van der Waals surface area contributed by atoms with Crippen molar-refractivity contribution in [1.29, 1.82) is 5.53 Å². The maximum Gasteiger partial charge on any atom is 0.189 e. The summed E-state index contributed by atoms with van der Waals surface area (Å²) in [6.07, 6.45) is 6.57. The normalized spacial score (nSPS) is 27.2. The number of hydrogen-bond donors (Lipinski definition) is 5. The van der Waals surface area contributed by atoms with Gasteiger partial charge < -0.3 is 25.4 Å². The van der Waals surface area contributed by atoms with Crippen molar-refractivity contribution in [3.8, 4) is 0 Å². The first-order chi connectivity index (χ1) is 17.5. The first kappa shape index (κ1) is 26.9. The van der Waals surface area contributed by atoms with Crippen LogP contribution in [0.2, 0.25) is 0 Å². The number of aromatic nitrogens is 3. The van der Waals surface area contributed by atoms with E-state index in [1.165, 1.54) is 5.56 Å². The van der Waals surface area contributed by atoms with Gasteiger partial charge in [-0.3, -0.25) is 4.98 Å². The van der Waals surface area contributed by atoms with Gasteiger partial charge in [-0.05, 0) is 56.6 Å². The molecule has 0 bridgehead atoms. The van der Waals surface area contributed by atoms with E-state index in [1.54, 1.807) is 18.0 Å². The van der Waals surface area contributed by atoms with Crippen LogP contribution in [0.5, 0.6) is 0 Å². The molecule has 4 rings (SSSR count). The lowest BCUT2D eigenvalue weighted by Gasteiger charge is -2.28. The third-order valence-corrected chi connectivity index (χ3v) is 7.97. The fourth-order valence-electron chi connectivity index (χ4n) is 4.88. The lowest BCUT2D eigenvalue weighted by molar-refractivity contribution is -0.110. The monoisotopic (exact) mass is 516 g/mol. The molecule has 2 aliphatic carbocycles. The van der Waals surface area contributed by atoms with Crippen molar-refractivity contribution in [2.24, 2.45) is 5.11 Å². The minimum atomic E-state index is -1.24. The molecule has 0 aromatic carbocycles. The minimum Gasteiger partial charge on any atom is -0.394 e. The van der Waals surface area contributed by atoms with E-state index in [1.807, 2.05) is 12.3 Å². The van der Waals surface area contributed by atoms with Crippen LogP contribution >= 0.6 is 11.8 Å². The summed E-state index contributed by atoms with van der Waals surface area (Å²) in [7, 11) is 0. The summed E-state index contributed by atoms with van der Waals surface area (Å²) in [5.74, 6) is 1.81. The number of thioether (sulfide) groups is 1. The average Bonchev–Trinajstić information content (AvgIpc) is 3.60. The first-order valence-electron chi connectivity index (χ1n) is 12.7. The second kappa shape index (κ2) is 12.4. The van der Waals surface area contributed by atoms with Crippen LogP contribution in [0.4, 0.5) is 11.5 Å². The van der Waals surface area contributed by atoms with E-state index in [9.17, 15) is 10.2 Å². The largest absolute Gasteiger partial charge is 0.394 e. The van der Waals surface area contributed by atoms with Crippen molar-refractivity contribution in [3.05, 3.63) is 35.8 Å². The molecule has 0 radical (unpaired) electrons. The van der Waals surface area contributed by atoms with Crippen molar-refractivity contribution >= 4 is 23.3 Å². The lowest BCUT2D eigenvalue weighted by Crippen LogP contribution is -2.43. The molecule has 5 unspecified atom stereocenters. The van der Waals surface area contributed by atoms with Gasteiger partial charge in [-0.25, -0.2) is 15.5 Å². The molecule has 2 fully saturated rings. The van der Waals surface area contributed by atoms with E-state index < -0.39 is 17.8 Å². The molecule has 0 saturated heterocycles. The van der Waals surface area contributed by atoms with Crippen LogP contribution in [0.3, 0.4) is 0 Å². The van der Waals surface area contributed by atoms with Crippen molar-refractivity contribution in [2.75, 3.05) is 24.3 Å². The van der Waals surface area contributed by atoms with Crippen molar-refractivity contribution in [2.45, 2.75) is 86.8 Å². The molecule has 0 amide bonds. The Kier molecular flexibility index (Phi) is 9.24. The Bertz CT molecular complexity index is 1020. The predicted octanol–water partition coefficient (Wildman–Crippen LogP) is 3.59. The van der Waals surface area contributed by atoms with Crippen LogP contribution in [0, 0.1) is 5.53 Å². The molecule has 2 saturated carbocycles. The highest BCUT2D eigenvalue weighted by Crippen LogP contribution is 2.44. The quantitative estimate of drug-likeness (QED) is 0.144. The Morgan fingerprint density at radius 2 is 2.22 bits per heavy atom. The van der Waals surface area contributed by atoms with Crippen molar-refractivity contribution in [3.63, 3.8) is 0 Å². The molecular formula is C25H36N6O4S. The smallest absolute Gasteiger partial charge is 0.189 e. The first-order valence-corrected chi connectivity index (χ1v) is 13.7. The average molecular weight is 517 g/mol. The Morgan fingerprint density at radius 1 is 1.36 bits per heavy atom. The summed E-state index contributed by atoms with van der Waals surface area (Å²) in [6.45, 7) is 2.13. The van der Waals surface area contributed by atoms with Crippen LogP contribution in [0.1, 0.15) is 62.6 Å². The van der Waals surface area contributed by atoms with Gasteiger partial charge in [0.1, 0.15) is 11.8 Å². The maximum absolute atomic E-state index is 11.0. The highest BCUT2D eigenvalue weighted by atomic mass is 32.2. The van der Waals surface area contributed by atoms with Crippen LogP contribution in [0.25, 0.3) is 0 Å². The summed E-state index contributed by atoms with van der Waals surface area (Å²) in [5.41, 5.74) is 8.88. The van der Waals surface area contributed by atoms with Crippen LogP contribution in [-0.2, 0) is 11.2 Å². The minimum absolute atomic E-state index is 0.118. The number of aliphatic hydroxyl groups excluding tert-OH is 2. The molecule has 5 atom stereocenters. The van der Waals surface area contributed by atoms with E-state index in [0.29, 0.717) is 60.4 Å². The van der Waals surface area contributed by atoms with E-state index >= 15 is 0 Å². The number of hydrogen-bond acceptors (Lipinski definition) is 11.